The summed E-state index contributed by atoms with van der Waals surface area (Å²) in [6.07, 6.45) is 6.07. The molecule has 1 aromatic carbocycles. The normalized spacial score (nSPS) is 15.9. The Kier molecular flexibility index (Phi) is 4.28. The average Bonchev–Trinajstić information content (AvgIpc) is 2.37. The Balaban J connectivity index is 2.57. The Morgan fingerprint density at radius 2 is 2.17 bits per heavy atom. The molecule has 1 aliphatic rings. The van der Waals surface area contributed by atoms with Crippen LogP contribution in [0.25, 0.3) is 0 Å². The summed E-state index contributed by atoms with van der Waals surface area (Å²) in [7, 11) is 1.65. The molecule has 0 amide bonds. The van der Waals surface area contributed by atoms with Gasteiger partial charge in [-0.3, -0.25) is 0 Å². The molecule has 0 N–H and O–H groups in total. The predicted molar refractivity (Wildman–Crippen MR) is 73.7 cm³/mol. The molecule has 98 valence electrons. The Labute approximate surface area is 113 Å². The first-order chi connectivity index (χ1) is 8.69. The van der Waals surface area contributed by atoms with E-state index in [4.69, 9.17) is 16.3 Å². The molecule has 3 heteroatoms. The predicted octanol–water partition coefficient (Wildman–Crippen LogP) is 3.92. The minimum atomic E-state index is 0.169. The highest BCUT2D eigenvalue weighted by Gasteiger charge is 2.23. The molecule has 0 heterocycles. The number of methoxy groups -OCH3 is 1. The fourth-order valence-electron chi connectivity index (χ4n) is 2.87. The minimum Gasteiger partial charge on any atom is -0.495 e. The highest BCUT2D eigenvalue weighted by atomic mass is 35.5. The lowest BCUT2D eigenvalue weighted by atomic mass is 9.82. The lowest BCUT2D eigenvalue weighted by molar-refractivity contribution is -0.108. The van der Waals surface area contributed by atoms with Crippen molar-refractivity contribution in [2.45, 2.75) is 44.9 Å². The van der Waals surface area contributed by atoms with Crippen molar-refractivity contribution < 1.29 is 9.53 Å². The van der Waals surface area contributed by atoms with Gasteiger partial charge in [-0.15, -0.1) is 0 Å². The topological polar surface area (TPSA) is 26.3 Å². The number of fused-ring (bicyclic) bond motifs is 1. The van der Waals surface area contributed by atoms with Crippen LogP contribution in [0.15, 0.2) is 6.07 Å². The Morgan fingerprint density at radius 1 is 1.44 bits per heavy atom. The zero-order chi connectivity index (χ0) is 13.1. The van der Waals surface area contributed by atoms with Gasteiger partial charge in [-0.05, 0) is 48.8 Å². The summed E-state index contributed by atoms with van der Waals surface area (Å²) in [5.41, 5.74) is 3.84. The first-order valence-corrected chi connectivity index (χ1v) is 6.88. The number of carbonyl (C=O) groups excluding carboxylic acids is 1. The van der Waals surface area contributed by atoms with Crippen molar-refractivity contribution in [1.82, 2.24) is 0 Å². The minimum absolute atomic E-state index is 0.169. The maximum Gasteiger partial charge on any atom is 0.141 e. The quantitative estimate of drug-likeness (QED) is 0.772. The van der Waals surface area contributed by atoms with Crippen LogP contribution in [0.5, 0.6) is 5.75 Å². The number of hydrogen-bond donors (Lipinski definition) is 0. The average molecular weight is 267 g/mol. The first-order valence-electron chi connectivity index (χ1n) is 6.50. The fraction of sp³-hybridized carbons (Fsp3) is 0.533. The number of aryl methyl sites for hydroxylation is 1. The van der Waals surface area contributed by atoms with E-state index < -0.39 is 0 Å². The van der Waals surface area contributed by atoms with Crippen LogP contribution in [-0.2, 0) is 17.6 Å². The van der Waals surface area contributed by atoms with E-state index in [1.54, 1.807) is 7.11 Å². The Bertz CT molecular complexity index is 454. The van der Waals surface area contributed by atoms with Gasteiger partial charge in [0, 0.05) is 12.0 Å². The van der Waals surface area contributed by atoms with Gasteiger partial charge in [0.05, 0.1) is 12.1 Å². The van der Waals surface area contributed by atoms with Crippen molar-refractivity contribution in [2.24, 2.45) is 0 Å². The molecule has 0 fully saturated rings. The van der Waals surface area contributed by atoms with Gasteiger partial charge in [-0.1, -0.05) is 18.5 Å². The van der Waals surface area contributed by atoms with Crippen LogP contribution >= 0.6 is 11.6 Å². The number of aldehydes is 1. The highest BCUT2D eigenvalue weighted by molar-refractivity contribution is 6.32. The van der Waals surface area contributed by atoms with Crippen LogP contribution < -0.4 is 4.74 Å². The van der Waals surface area contributed by atoms with Crippen molar-refractivity contribution in [3.63, 3.8) is 0 Å². The molecule has 0 bridgehead atoms. The first kappa shape index (κ1) is 13.4. The van der Waals surface area contributed by atoms with Gasteiger partial charge in [0.2, 0.25) is 0 Å². The summed E-state index contributed by atoms with van der Waals surface area (Å²) in [6, 6.07) is 2.03. The SMILES string of the molecule is COc1c(Cl)cc2c(c1C(C)CC=O)CCCC2. The molecule has 0 aliphatic heterocycles. The number of rotatable bonds is 4. The van der Waals surface area contributed by atoms with E-state index in [9.17, 15) is 4.79 Å². The van der Waals surface area contributed by atoms with Crippen LogP contribution in [-0.4, -0.2) is 13.4 Å². The summed E-state index contributed by atoms with van der Waals surface area (Å²) in [6.45, 7) is 2.07. The fourth-order valence-corrected chi connectivity index (χ4v) is 3.18. The molecule has 1 atom stereocenters. The van der Waals surface area contributed by atoms with Crippen molar-refractivity contribution in [2.75, 3.05) is 7.11 Å². The lowest BCUT2D eigenvalue weighted by Crippen LogP contribution is -2.11. The van der Waals surface area contributed by atoms with E-state index in [0.717, 1.165) is 30.4 Å². The van der Waals surface area contributed by atoms with E-state index in [0.29, 0.717) is 11.4 Å². The number of carbonyl (C=O) groups is 1. The van der Waals surface area contributed by atoms with Crippen LogP contribution in [0.2, 0.25) is 5.02 Å². The van der Waals surface area contributed by atoms with Gasteiger partial charge in [-0.25, -0.2) is 0 Å². The van der Waals surface area contributed by atoms with Gasteiger partial charge in [0.25, 0.3) is 0 Å². The van der Waals surface area contributed by atoms with Gasteiger partial charge in [-0.2, -0.15) is 0 Å². The lowest BCUT2D eigenvalue weighted by Gasteiger charge is -2.25. The molecule has 0 aromatic heterocycles. The Morgan fingerprint density at radius 3 is 2.83 bits per heavy atom. The number of ether oxygens (including phenoxy) is 1. The van der Waals surface area contributed by atoms with E-state index in [1.807, 2.05) is 6.07 Å². The maximum absolute atomic E-state index is 10.8. The summed E-state index contributed by atoms with van der Waals surface area (Å²) >= 11 is 6.30. The largest absolute Gasteiger partial charge is 0.495 e. The van der Waals surface area contributed by atoms with E-state index >= 15 is 0 Å². The summed E-state index contributed by atoms with van der Waals surface area (Å²) < 4.78 is 5.46. The van der Waals surface area contributed by atoms with Gasteiger partial charge in [0.1, 0.15) is 12.0 Å². The second-order valence-electron chi connectivity index (χ2n) is 4.95. The molecule has 1 unspecified atom stereocenters. The van der Waals surface area contributed by atoms with E-state index in [-0.39, 0.29) is 5.92 Å². The van der Waals surface area contributed by atoms with Crippen LogP contribution in [0, 0.1) is 0 Å². The van der Waals surface area contributed by atoms with Crippen molar-refractivity contribution >= 4 is 17.9 Å². The molecule has 0 radical (unpaired) electrons. The van der Waals surface area contributed by atoms with Crippen LogP contribution in [0.3, 0.4) is 0 Å². The van der Waals surface area contributed by atoms with Crippen LogP contribution in [0.1, 0.15) is 48.8 Å². The molecule has 0 spiro atoms. The standard InChI is InChI=1S/C15H19ClO2/c1-10(7-8-17)14-12-6-4-3-5-11(12)9-13(16)15(14)18-2/h8-10H,3-7H2,1-2H3. The van der Waals surface area contributed by atoms with Crippen molar-refractivity contribution in [3.05, 3.63) is 27.8 Å². The zero-order valence-electron chi connectivity index (χ0n) is 11.0. The maximum atomic E-state index is 10.8. The molecule has 0 saturated carbocycles. The molecule has 1 aromatic rings. The smallest absolute Gasteiger partial charge is 0.141 e. The second-order valence-corrected chi connectivity index (χ2v) is 5.36. The van der Waals surface area contributed by atoms with Crippen molar-refractivity contribution in [3.8, 4) is 5.75 Å². The molecule has 0 saturated heterocycles. The number of halogens is 1. The third kappa shape index (κ3) is 2.39. The number of hydrogen-bond acceptors (Lipinski definition) is 2. The zero-order valence-corrected chi connectivity index (χ0v) is 11.7. The molecule has 2 rings (SSSR count). The molecular weight excluding hydrogens is 248 g/mol. The van der Waals surface area contributed by atoms with Crippen molar-refractivity contribution in [1.29, 1.82) is 0 Å². The third-order valence-electron chi connectivity index (χ3n) is 3.74. The summed E-state index contributed by atoms with van der Waals surface area (Å²) in [5.74, 6) is 0.926. The third-order valence-corrected chi connectivity index (χ3v) is 4.03. The highest BCUT2D eigenvalue weighted by Crippen LogP contribution is 2.41. The molecule has 18 heavy (non-hydrogen) atoms. The van der Waals surface area contributed by atoms with Gasteiger partial charge < -0.3 is 9.53 Å². The number of benzene rings is 1. The second kappa shape index (κ2) is 5.75. The molecular formula is C15H19ClO2. The van der Waals surface area contributed by atoms with Crippen LogP contribution in [0.4, 0.5) is 0 Å². The molecule has 1 aliphatic carbocycles. The Hall–Kier alpha value is -1.02. The monoisotopic (exact) mass is 266 g/mol. The summed E-state index contributed by atoms with van der Waals surface area (Å²) in [5, 5.41) is 0.672. The van der Waals surface area contributed by atoms with Gasteiger partial charge in [0.15, 0.2) is 0 Å². The molecule has 2 nitrogen and oxygen atoms in total. The van der Waals surface area contributed by atoms with Gasteiger partial charge >= 0.3 is 0 Å². The van der Waals surface area contributed by atoms with E-state index in [1.165, 1.54) is 24.0 Å². The van der Waals surface area contributed by atoms with E-state index in [2.05, 4.69) is 6.92 Å². The summed E-state index contributed by atoms with van der Waals surface area (Å²) in [4.78, 5) is 10.8.